The van der Waals surface area contributed by atoms with E-state index in [1.807, 2.05) is 19.1 Å². The molecule has 2 rings (SSSR count). The van der Waals surface area contributed by atoms with Gasteiger partial charge in [-0.15, -0.1) is 0 Å². The first kappa shape index (κ1) is 13.8. The molecule has 0 aromatic heterocycles. The molecule has 1 atom stereocenters. The molecule has 1 aliphatic rings. The predicted octanol–water partition coefficient (Wildman–Crippen LogP) is 4.73. The summed E-state index contributed by atoms with van der Waals surface area (Å²) < 4.78 is 32.4. The van der Waals surface area contributed by atoms with Gasteiger partial charge in [0.2, 0.25) is 5.82 Å². The van der Waals surface area contributed by atoms with E-state index in [1.54, 1.807) is 6.07 Å². The van der Waals surface area contributed by atoms with Crippen LogP contribution < -0.4 is 4.74 Å². The van der Waals surface area contributed by atoms with Crippen LogP contribution in [0.1, 0.15) is 31.7 Å². The highest BCUT2D eigenvalue weighted by Gasteiger charge is 2.19. The maximum absolute atomic E-state index is 14.0. The highest BCUT2D eigenvalue weighted by Crippen LogP contribution is 2.34. The Labute approximate surface area is 112 Å². The topological polar surface area (TPSA) is 9.23 Å². The van der Waals surface area contributed by atoms with Crippen molar-refractivity contribution >= 4 is 5.57 Å². The second-order valence-corrected chi connectivity index (χ2v) is 4.73. The fourth-order valence-corrected chi connectivity index (χ4v) is 2.48. The van der Waals surface area contributed by atoms with Crippen LogP contribution in [0.4, 0.5) is 8.78 Å². The number of rotatable bonds is 3. The molecule has 0 radical (unpaired) electrons. The lowest BCUT2D eigenvalue weighted by Crippen LogP contribution is -2.05. The van der Waals surface area contributed by atoms with E-state index in [4.69, 9.17) is 4.74 Å². The first-order chi connectivity index (χ1) is 9.17. The molecule has 1 nitrogen and oxygen atoms in total. The second-order valence-electron chi connectivity index (χ2n) is 4.73. The molecule has 102 valence electrons. The van der Waals surface area contributed by atoms with Crippen LogP contribution in [0.15, 0.2) is 30.4 Å². The molecule has 0 fully saturated rings. The summed E-state index contributed by atoms with van der Waals surface area (Å²) in [7, 11) is 1.33. The molecule has 0 saturated carbocycles. The third-order valence-corrected chi connectivity index (χ3v) is 3.53. The van der Waals surface area contributed by atoms with Crippen LogP contribution in [0.3, 0.4) is 0 Å². The van der Waals surface area contributed by atoms with Gasteiger partial charge >= 0.3 is 0 Å². The molecule has 1 aromatic carbocycles. The molecule has 3 heteroatoms. The number of methoxy groups -OCH3 is 1. The average Bonchev–Trinajstić information content (AvgIpc) is 2.43. The first-order valence-electron chi connectivity index (χ1n) is 6.51. The van der Waals surface area contributed by atoms with Gasteiger partial charge < -0.3 is 4.74 Å². The highest BCUT2D eigenvalue weighted by atomic mass is 19.2. The van der Waals surface area contributed by atoms with E-state index < -0.39 is 11.6 Å². The monoisotopic (exact) mass is 264 g/mol. The van der Waals surface area contributed by atoms with E-state index in [2.05, 4.69) is 6.08 Å². The van der Waals surface area contributed by atoms with Crippen LogP contribution in [-0.2, 0) is 0 Å². The van der Waals surface area contributed by atoms with Gasteiger partial charge in [0.25, 0.3) is 0 Å². The first-order valence-corrected chi connectivity index (χ1v) is 6.51. The molecular formula is C16H18F2O. The summed E-state index contributed by atoms with van der Waals surface area (Å²) in [6.07, 6.45) is 8.85. The van der Waals surface area contributed by atoms with Gasteiger partial charge in [0.05, 0.1) is 7.11 Å². The summed E-state index contributed by atoms with van der Waals surface area (Å²) in [6, 6.07) is 3.08. The minimum atomic E-state index is -0.906. The molecule has 0 spiro atoms. The highest BCUT2D eigenvalue weighted by molar-refractivity contribution is 5.67. The van der Waals surface area contributed by atoms with Crippen molar-refractivity contribution in [1.29, 1.82) is 0 Å². The number of hydrogen-bond acceptors (Lipinski definition) is 1. The molecule has 0 N–H and O–H groups in total. The normalized spacial score (nSPS) is 19.6. The van der Waals surface area contributed by atoms with E-state index in [9.17, 15) is 8.78 Å². The van der Waals surface area contributed by atoms with Crippen LogP contribution in [0.2, 0.25) is 0 Å². The van der Waals surface area contributed by atoms with Crippen LogP contribution in [0, 0.1) is 17.6 Å². The lowest BCUT2D eigenvalue weighted by Gasteiger charge is -2.20. The Balaban J connectivity index is 2.27. The quantitative estimate of drug-likeness (QED) is 0.717. The minimum absolute atomic E-state index is 0.0514. The zero-order valence-electron chi connectivity index (χ0n) is 11.2. The van der Waals surface area contributed by atoms with Crippen LogP contribution >= 0.6 is 0 Å². The molecule has 0 amide bonds. The molecule has 1 unspecified atom stereocenters. The van der Waals surface area contributed by atoms with Crippen molar-refractivity contribution in [1.82, 2.24) is 0 Å². The number of allylic oxidation sites excluding steroid dienone is 4. The summed E-state index contributed by atoms with van der Waals surface area (Å²) in [5.74, 6) is -1.25. The van der Waals surface area contributed by atoms with Gasteiger partial charge in [0.15, 0.2) is 11.6 Å². The summed E-state index contributed by atoms with van der Waals surface area (Å²) in [5, 5.41) is 0. The third-order valence-electron chi connectivity index (χ3n) is 3.53. The molecule has 0 aliphatic heterocycles. The van der Waals surface area contributed by atoms with Crippen LogP contribution in [0.5, 0.6) is 5.75 Å². The maximum atomic E-state index is 14.0. The standard InChI is InChI=1S/C16H18F2O/c1-3-4-11-5-7-12(8-6-11)13-9-10-14(19-2)16(18)15(13)17/h3-4,7,9-11H,5-6,8H2,1-2H3. The zero-order valence-corrected chi connectivity index (χ0v) is 11.2. The van der Waals surface area contributed by atoms with Crippen molar-refractivity contribution in [2.75, 3.05) is 7.11 Å². The van der Waals surface area contributed by atoms with Gasteiger partial charge in [0.1, 0.15) is 0 Å². The summed E-state index contributed by atoms with van der Waals surface area (Å²) in [5.41, 5.74) is 1.25. The Kier molecular flexibility index (Phi) is 4.35. The van der Waals surface area contributed by atoms with E-state index in [-0.39, 0.29) is 5.75 Å². The van der Waals surface area contributed by atoms with E-state index in [0.29, 0.717) is 11.5 Å². The minimum Gasteiger partial charge on any atom is -0.494 e. The SMILES string of the molecule is CC=CC1CC=C(c2ccc(OC)c(F)c2F)CC1. The van der Waals surface area contributed by atoms with Gasteiger partial charge in [-0.05, 0) is 49.8 Å². The Morgan fingerprint density at radius 1 is 1.26 bits per heavy atom. The number of benzene rings is 1. The molecule has 0 saturated heterocycles. The Morgan fingerprint density at radius 2 is 2.05 bits per heavy atom. The molecule has 0 bridgehead atoms. The Bertz CT molecular complexity index is 518. The third kappa shape index (κ3) is 2.86. The summed E-state index contributed by atoms with van der Waals surface area (Å²) in [6.45, 7) is 2.00. The molecular weight excluding hydrogens is 246 g/mol. The van der Waals surface area contributed by atoms with Crippen molar-refractivity contribution in [3.63, 3.8) is 0 Å². The van der Waals surface area contributed by atoms with Crippen molar-refractivity contribution in [3.8, 4) is 5.75 Å². The van der Waals surface area contributed by atoms with Crippen LogP contribution in [0.25, 0.3) is 5.57 Å². The lowest BCUT2D eigenvalue weighted by molar-refractivity contribution is 0.371. The average molecular weight is 264 g/mol. The van der Waals surface area contributed by atoms with E-state index >= 15 is 0 Å². The molecule has 19 heavy (non-hydrogen) atoms. The van der Waals surface area contributed by atoms with Crippen molar-refractivity contribution in [2.45, 2.75) is 26.2 Å². The summed E-state index contributed by atoms with van der Waals surface area (Å²) in [4.78, 5) is 0. The molecule has 1 aliphatic carbocycles. The molecule has 1 aromatic rings. The van der Waals surface area contributed by atoms with E-state index in [1.165, 1.54) is 13.2 Å². The number of hydrogen-bond donors (Lipinski definition) is 0. The van der Waals surface area contributed by atoms with Gasteiger partial charge in [-0.2, -0.15) is 4.39 Å². The van der Waals surface area contributed by atoms with Gasteiger partial charge in [-0.25, -0.2) is 4.39 Å². The van der Waals surface area contributed by atoms with Crippen molar-refractivity contribution < 1.29 is 13.5 Å². The summed E-state index contributed by atoms with van der Waals surface area (Å²) >= 11 is 0. The number of ether oxygens (including phenoxy) is 1. The van der Waals surface area contributed by atoms with Gasteiger partial charge in [-0.1, -0.05) is 18.2 Å². The fourth-order valence-electron chi connectivity index (χ4n) is 2.48. The number of halogens is 2. The predicted molar refractivity (Wildman–Crippen MR) is 73.0 cm³/mol. The zero-order chi connectivity index (χ0) is 13.8. The lowest BCUT2D eigenvalue weighted by atomic mass is 9.86. The maximum Gasteiger partial charge on any atom is 0.201 e. The Hall–Kier alpha value is -1.64. The smallest absolute Gasteiger partial charge is 0.201 e. The van der Waals surface area contributed by atoms with Gasteiger partial charge in [-0.3, -0.25) is 0 Å². The largest absolute Gasteiger partial charge is 0.494 e. The van der Waals surface area contributed by atoms with Gasteiger partial charge in [0, 0.05) is 5.56 Å². The van der Waals surface area contributed by atoms with E-state index in [0.717, 1.165) is 24.8 Å². The Morgan fingerprint density at radius 3 is 2.63 bits per heavy atom. The second kappa shape index (κ2) is 6.00. The van der Waals surface area contributed by atoms with Crippen molar-refractivity contribution in [3.05, 3.63) is 47.6 Å². The fraction of sp³-hybridized carbons (Fsp3) is 0.375. The van der Waals surface area contributed by atoms with Crippen molar-refractivity contribution in [2.24, 2.45) is 5.92 Å². The molecule has 0 heterocycles. The van der Waals surface area contributed by atoms with Crippen LogP contribution in [-0.4, -0.2) is 7.11 Å².